The fourth-order valence-corrected chi connectivity index (χ4v) is 2.40. The zero-order valence-corrected chi connectivity index (χ0v) is 13.1. The van der Waals surface area contributed by atoms with Crippen LogP contribution in [0.5, 0.6) is 11.5 Å². The van der Waals surface area contributed by atoms with Gasteiger partial charge in [-0.05, 0) is 50.3 Å². The van der Waals surface area contributed by atoms with Crippen molar-refractivity contribution in [3.63, 3.8) is 0 Å². The maximum absolute atomic E-state index is 11.8. The molecule has 0 spiro atoms. The van der Waals surface area contributed by atoms with Crippen molar-refractivity contribution in [2.45, 2.75) is 33.6 Å². The van der Waals surface area contributed by atoms with Crippen LogP contribution in [0.2, 0.25) is 0 Å². The predicted octanol–water partition coefficient (Wildman–Crippen LogP) is 2.80. The molecule has 1 fully saturated rings. The first-order chi connectivity index (χ1) is 10.2. The molecule has 2 atom stereocenters. The van der Waals surface area contributed by atoms with Gasteiger partial charge in [-0.25, -0.2) is 0 Å². The first-order valence-electron chi connectivity index (χ1n) is 7.81. The van der Waals surface area contributed by atoms with E-state index < -0.39 is 0 Å². The van der Waals surface area contributed by atoms with E-state index in [1.165, 1.54) is 0 Å². The Balaban J connectivity index is 1.87. The van der Waals surface area contributed by atoms with Crippen molar-refractivity contribution in [3.05, 3.63) is 23.8 Å². The molecule has 1 aliphatic rings. The molecule has 0 saturated heterocycles. The summed E-state index contributed by atoms with van der Waals surface area (Å²) >= 11 is 0. The maximum Gasteiger partial charge on any atom is 0.223 e. The summed E-state index contributed by atoms with van der Waals surface area (Å²) in [7, 11) is 0. The van der Waals surface area contributed by atoms with E-state index in [1.54, 1.807) is 0 Å². The third kappa shape index (κ3) is 4.38. The number of benzene rings is 1. The standard InChI is InChI=1S/C17H25NO3/c1-4-20-15-7-6-13(11-16(15)21-5-2)8-9-18-17(19)14-10-12(14)3/h6-7,11-12,14H,4-5,8-10H2,1-3H3,(H,18,19)/t12-,14+/m1/s1. The average molecular weight is 291 g/mol. The van der Waals surface area contributed by atoms with E-state index in [1.807, 2.05) is 32.0 Å². The largest absolute Gasteiger partial charge is 0.490 e. The molecular formula is C17H25NO3. The molecule has 0 radical (unpaired) electrons. The number of ether oxygens (including phenoxy) is 2. The van der Waals surface area contributed by atoms with E-state index in [2.05, 4.69) is 12.2 Å². The van der Waals surface area contributed by atoms with Gasteiger partial charge in [0.2, 0.25) is 5.91 Å². The van der Waals surface area contributed by atoms with Gasteiger partial charge in [-0.1, -0.05) is 13.0 Å². The SMILES string of the molecule is CCOc1ccc(CCNC(=O)[C@H]2C[C@H]2C)cc1OCC. The summed E-state index contributed by atoms with van der Waals surface area (Å²) in [5.41, 5.74) is 1.14. The summed E-state index contributed by atoms with van der Waals surface area (Å²) in [5, 5.41) is 3.00. The van der Waals surface area contributed by atoms with Gasteiger partial charge in [-0.15, -0.1) is 0 Å². The van der Waals surface area contributed by atoms with Crippen molar-refractivity contribution in [2.24, 2.45) is 11.8 Å². The van der Waals surface area contributed by atoms with Gasteiger partial charge in [0.15, 0.2) is 11.5 Å². The van der Waals surface area contributed by atoms with Crippen molar-refractivity contribution in [2.75, 3.05) is 19.8 Å². The Morgan fingerprint density at radius 3 is 2.52 bits per heavy atom. The molecule has 1 aromatic rings. The topological polar surface area (TPSA) is 47.6 Å². The molecule has 0 aromatic heterocycles. The lowest BCUT2D eigenvalue weighted by Gasteiger charge is -2.12. The number of rotatable bonds is 8. The van der Waals surface area contributed by atoms with Crippen LogP contribution in [-0.2, 0) is 11.2 Å². The minimum absolute atomic E-state index is 0.193. The highest BCUT2D eigenvalue weighted by Crippen LogP contribution is 2.37. The first kappa shape index (κ1) is 15.7. The van der Waals surface area contributed by atoms with E-state index >= 15 is 0 Å². The van der Waals surface area contributed by atoms with E-state index in [4.69, 9.17) is 9.47 Å². The van der Waals surface area contributed by atoms with Crippen molar-refractivity contribution in [1.82, 2.24) is 5.32 Å². The maximum atomic E-state index is 11.8. The molecule has 116 valence electrons. The van der Waals surface area contributed by atoms with E-state index in [-0.39, 0.29) is 11.8 Å². The van der Waals surface area contributed by atoms with Crippen molar-refractivity contribution in [3.8, 4) is 11.5 Å². The Hall–Kier alpha value is -1.71. The second kappa shape index (κ2) is 7.34. The van der Waals surface area contributed by atoms with Crippen LogP contribution in [0.3, 0.4) is 0 Å². The van der Waals surface area contributed by atoms with Crippen LogP contribution < -0.4 is 14.8 Å². The molecule has 0 heterocycles. The van der Waals surface area contributed by atoms with E-state index in [9.17, 15) is 4.79 Å². The number of carbonyl (C=O) groups is 1. The fourth-order valence-electron chi connectivity index (χ4n) is 2.40. The van der Waals surface area contributed by atoms with Crippen molar-refractivity contribution < 1.29 is 14.3 Å². The molecule has 1 N–H and O–H groups in total. The molecule has 0 bridgehead atoms. The molecule has 2 rings (SSSR count). The van der Waals surface area contributed by atoms with Crippen LogP contribution in [0.25, 0.3) is 0 Å². The normalized spacial score (nSPS) is 20.0. The minimum atomic E-state index is 0.193. The Kier molecular flexibility index (Phi) is 5.48. The number of hydrogen-bond acceptors (Lipinski definition) is 3. The highest BCUT2D eigenvalue weighted by molar-refractivity contribution is 5.81. The molecule has 4 heteroatoms. The van der Waals surface area contributed by atoms with Crippen LogP contribution in [0.15, 0.2) is 18.2 Å². The zero-order chi connectivity index (χ0) is 15.2. The molecular weight excluding hydrogens is 266 g/mol. The summed E-state index contributed by atoms with van der Waals surface area (Å²) in [5.74, 6) is 2.54. The Morgan fingerprint density at radius 2 is 1.90 bits per heavy atom. The summed E-state index contributed by atoms with van der Waals surface area (Å²) in [6.07, 6.45) is 1.84. The second-order valence-corrected chi connectivity index (χ2v) is 5.51. The van der Waals surface area contributed by atoms with Crippen LogP contribution in [0, 0.1) is 11.8 Å². The Labute approximate surface area is 126 Å². The molecule has 1 amide bonds. The van der Waals surface area contributed by atoms with Crippen LogP contribution in [-0.4, -0.2) is 25.7 Å². The lowest BCUT2D eigenvalue weighted by molar-refractivity contribution is -0.122. The second-order valence-electron chi connectivity index (χ2n) is 5.51. The highest BCUT2D eigenvalue weighted by Gasteiger charge is 2.38. The summed E-state index contributed by atoms with van der Waals surface area (Å²) in [6, 6.07) is 5.97. The van der Waals surface area contributed by atoms with Gasteiger partial charge in [0.1, 0.15) is 0 Å². The number of carbonyl (C=O) groups excluding carboxylic acids is 1. The van der Waals surface area contributed by atoms with Gasteiger partial charge in [-0.3, -0.25) is 4.79 Å². The Bertz CT molecular complexity index is 487. The number of amides is 1. The smallest absolute Gasteiger partial charge is 0.223 e. The third-order valence-corrected chi connectivity index (χ3v) is 3.77. The summed E-state index contributed by atoms with van der Waals surface area (Å²) in [6.45, 7) is 7.93. The van der Waals surface area contributed by atoms with Crippen LogP contribution in [0.1, 0.15) is 32.8 Å². The van der Waals surface area contributed by atoms with Gasteiger partial charge in [0.05, 0.1) is 13.2 Å². The minimum Gasteiger partial charge on any atom is -0.490 e. The summed E-state index contributed by atoms with van der Waals surface area (Å²) in [4.78, 5) is 11.8. The quantitative estimate of drug-likeness (QED) is 0.801. The lowest BCUT2D eigenvalue weighted by atomic mass is 10.1. The Morgan fingerprint density at radius 1 is 1.24 bits per heavy atom. The molecule has 4 nitrogen and oxygen atoms in total. The first-order valence-corrected chi connectivity index (χ1v) is 7.81. The molecule has 1 aromatic carbocycles. The fraction of sp³-hybridized carbons (Fsp3) is 0.588. The molecule has 1 aliphatic carbocycles. The van der Waals surface area contributed by atoms with E-state index in [0.717, 1.165) is 29.9 Å². The summed E-state index contributed by atoms with van der Waals surface area (Å²) < 4.78 is 11.2. The van der Waals surface area contributed by atoms with Crippen molar-refractivity contribution >= 4 is 5.91 Å². The monoisotopic (exact) mass is 291 g/mol. The van der Waals surface area contributed by atoms with Gasteiger partial charge < -0.3 is 14.8 Å². The molecule has 1 saturated carbocycles. The lowest BCUT2D eigenvalue weighted by Crippen LogP contribution is -2.27. The van der Waals surface area contributed by atoms with Gasteiger partial charge in [0.25, 0.3) is 0 Å². The van der Waals surface area contributed by atoms with Gasteiger partial charge in [-0.2, -0.15) is 0 Å². The molecule has 0 unspecified atom stereocenters. The van der Waals surface area contributed by atoms with Gasteiger partial charge in [0, 0.05) is 12.5 Å². The number of hydrogen-bond donors (Lipinski definition) is 1. The average Bonchev–Trinajstić information content (AvgIpc) is 3.19. The third-order valence-electron chi connectivity index (χ3n) is 3.77. The van der Waals surface area contributed by atoms with Crippen LogP contribution >= 0.6 is 0 Å². The zero-order valence-electron chi connectivity index (χ0n) is 13.1. The highest BCUT2D eigenvalue weighted by atomic mass is 16.5. The predicted molar refractivity (Wildman–Crippen MR) is 82.8 cm³/mol. The number of nitrogens with one attached hydrogen (secondary N) is 1. The van der Waals surface area contributed by atoms with E-state index in [0.29, 0.717) is 25.7 Å². The molecule has 21 heavy (non-hydrogen) atoms. The van der Waals surface area contributed by atoms with Crippen molar-refractivity contribution in [1.29, 1.82) is 0 Å². The van der Waals surface area contributed by atoms with Crippen LogP contribution in [0.4, 0.5) is 0 Å². The molecule has 0 aliphatic heterocycles. The van der Waals surface area contributed by atoms with Gasteiger partial charge >= 0.3 is 0 Å².